The normalized spacial score (nSPS) is 14.3. The third-order valence-electron chi connectivity index (χ3n) is 4.41. The number of hydrogen-bond donors (Lipinski definition) is 1. The van der Waals surface area contributed by atoms with E-state index in [2.05, 4.69) is 20.5 Å². The van der Waals surface area contributed by atoms with Crippen LogP contribution in [0.5, 0.6) is 5.75 Å². The second kappa shape index (κ2) is 7.63. The average molecular weight is 368 g/mol. The van der Waals surface area contributed by atoms with Crippen LogP contribution in [0.3, 0.4) is 0 Å². The molecule has 0 aliphatic carbocycles. The largest absolute Gasteiger partial charge is 0.484 e. The average Bonchev–Trinajstić information content (AvgIpc) is 3.19. The smallest absolute Gasteiger partial charge is 0.262 e. The zero-order valence-electron chi connectivity index (χ0n) is 15.0. The van der Waals surface area contributed by atoms with Crippen LogP contribution in [0.15, 0.2) is 41.0 Å². The highest BCUT2D eigenvalue weighted by molar-refractivity contribution is 6.03. The van der Waals surface area contributed by atoms with Crippen molar-refractivity contribution in [1.29, 1.82) is 0 Å². The minimum absolute atomic E-state index is 0.0962. The van der Waals surface area contributed by atoms with E-state index in [0.29, 0.717) is 35.7 Å². The molecule has 8 nitrogen and oxygen atoms in total. The summed E-state index contributed by atoms with van der Waals surface area (Å²) in [6.45, 7) is 4.79. The van der Waals surface area contributed by atoms with Crippen molar-refractivity contribution in [2.45, 2.75) is 6.92 Å². The van der Waals surface area contributed by atoms with Gasteiger partial charge >= 0.3 is 0 Å². The highest BCUT2D eigenvalue weighted by Gasteiger charge is 2.19. The molecular formula is C19H20N4O4. The number of fused-ring (bicyclic) bond motifs is 1. The van der Waals surface area contributed by atoms with E-state index in [1.54, 1.807) is 6.07 Å². The van der Waals surface area contributed by atoms with Crippen LogP contribution in [0, 0.1) is 6.92 Å². The van der Waals surface area contributed by atoms with Gasteiger partial charge in [-0.3, -0.25) is 4.79 Å². The Kier molecular flexibility index (Phi) is 4.88. The fourth-order valence-corrected chi connectivity index (χ4v) is 2.98. The summed E-state index contributed by atoms with van der Waals surface area (Å²) in [5.74, 6) is 0.366. The van der Waals surface area contributed by atoms with Crippen molar-refractivity contribution in [3.63, 3.8) is 0 Å². The Hall–Kier alpha value is -3.13. The van der Waals surface area contributed by atoms with Crippen LogP contribution in [0.2, 0.25) is 0 Å². The van der Waals surface area contributed by atoms with Gasteiger partial charge in [0.1, 0.15) is 5.75 Å². The van der Waals surface area contributed by atoms with Gasteiger partial charge < -0.3 is 19.7 Å². The van der Waals surface area contributed by atoms with Crippen LogP contribution in [0.4, 0.5) is 11.4 Å². The summed E-state index contributed by atoms with van der Waals surface area (Å²) in [6.07, 6.45) is 0. The summed E-state index contributed by atoms with van der Waals surface area (Å²) in [6, 6.07) is 11.2. The topological polar surface area (TPSA) is 89.7 Å². The number of morpholine rings is 1. The molecular weight excluding hydrogens is 348 g/mol. The highest BCUT2D eigenvalue weighted by Crippen LogP contribution is 2.30. The fourth-order valence-electron chi connectivity index (χ4n) is 2.98. The van der Waals surface area contributed by atoms with Gasteiger partial charge in [-0.05, 0) is 41.5 Å². The molecule has 1 aromatic heterocycles. The molecule has 0 saturated carbocycles. The molecule has 4 rings (SSSR count). The third kappa shape index (κ3) is 3.85. The molecule has 1 N–H and O–H groups in total. The lowest BCUT2D eigenvalue weighted by Crippen LogP contribution is -2.36. The van der Waals surface area contributed by atoms with E-state index >= 15 is 0 Å². The molecule has 8 heteroatoms. The number of hydrogen-bond acceptors (Lipinski definition) is 7. The molecule has 2 heterocycles. The highest BCUT2D eigenvalue weighted by atomic mass is 16.6. The van der Waals surface area contributed by atoms with Crippen molar-refractivity contribution in [2.75, 3.05) is 43.1 Å². The van der Waals surface area contributed by atoms with Gasteiger partial charge in [-0.25, -0.2) is 4.63 Å². The quantitative estimate of drug-likeness (QED) is 0.739. The van der Waals surface area contributed by atoms with Crippen LogP contribution >= 0.6 is 0 Å². The minimum atomic E-state index is -0.279. The van der Waals surface area contributed by atoms with Crippen molar-refractivity contribution in [1.82, 2.24) is 10.3 Å². The van der Waals surface area contributed by atoms with Crippen molar-refractivity contribution < 1.29 is 18.9 Å². The number of anilines is 2. The van der Waals surface area contributed by atoms with Crippen molar-refractivity contribution >= 4 is 28.3 Å². The number of ether oxygens (including phenoxy) is 2. The molecule has 1 aliphatic heterocycles. The first kappa shape index (κ1) is 17.3. The lowest BCUT2D eigenvalue weighted by molar-refractivity contribution is -0.118. The van der Waals surface area contributed by atoms with Gasteiger partial charge in [-0.15, -0.1) is 0 Å². The van der Waals surface area contributed by atoms with E-state index in [-0.39, 0.29) is 12.5 Å². The van der Waals surface area contributed by atoms with Gasteiger partial charge in [-0.2, -0.15) is 0 Å². The molecule has 0 unspecified atom stereocenters. The number of carbonyl (C=O) groups is 1. The van der Waals surface area contributed by atoms with Crippen LogP contribution < -0.4 is 15.0 Å². The molecule has 0 radical (unpaired) electrons. The summed E-state index contributed by atoms with van der Waals surface area (Å²) < 4.78 is 15.8. The summed E-state index contributed by atoms with van der Waals surface area (Å²) >= 11 is 0. The maximum atomic E-state index is 12.3. The Bertz CT molecular complexity index is 933. The van der Waals surface area contributed by atoms with E-state index in [1.807, 2.05) is 37.3 Å². The number of carbonyl (C=O) groups excluding carboxylic acids is 1. The van der Waals surface area contributed by atoms with Gasteiger partial charge in [0.15, 0.2) is 17.6 Å². The summed E-state index contributed by atoms with van der Waals surface area (Å²) in [7, 11) is 0. The molecule has 2 aromatic carbocycles. The number of nitrogens with zero attached hydrogens (tertiary/aromatic N) is 3. The Labute approximate surface area is 156 Å². The SMILES string of the molecule is Cc1ccc(OCC(=O)Nc2ccc(N3CCOCC3)c3nonc23)cc1. The number of nitrogens with one attached hydrogen (secondary N) is 1. The number of benzene rings is 2. The van der Waals surface area contributed by atoms with Crippen molar-refractivity contribution in [3.05, 3.63) is 42.0 Å². The lowest BCUT2D eigenvalue weighted by atomic mass is 10.2. The standard InChI is InChI=1S/C19H20N4O4/c1-13-2-4-14(5-3-13)26-12-17(24)20-15-6-7-16(19-18(15)21-27-22-19)23-8-10-25-11-9-23/h2-7H,8-12H2,1H3,(H,20,24). The monoisotopic (exact) mass is 368 g/mol. The molecule has 140 valence electrons. The van der Waals surface area contributed by atoms with E-state index < -0.39 is 0 Å². The number of aryl methyl sites for hydroxylation is 1. The predicted octanol–water partition coefficient (Wildman–Crippen LogP) is 2.39. The number of rotatable bonds is 5. The molecule has 27 heavy (non-hydrogen) atoms. The molecule has 1 saturated heterocycles. The van der Waals surface area contributed by atoms with E-state index in [1.165, 1.54) is 0 Å². The van der Waals surface area contributed by atoms with Crippen LogP contribution in [0.25, 0.3) is 11.0 Å². The Morgan fingerprint density at radius 3 is 2.63 bits per heavy atom. The summed E-state index contributed by atoms with van der Waals surface area (Å²) in [5.41, 5.74) is 3.73. The van der Waals surface area contributed by atoms with E-state index in [0.717, 1.165) is 24.3 Å². The summed E-state index contributed by atoms with van der Waals surface area (Å²) in [4.78, 5) is 14.4. The first-order valence-electron chi connectivity index (χ1n) is 8.78. The van der Waals surface area contributed by atoms with E-state index in [9.17, 15) is 4.79 Å². The maximum Gasteiger partial charge on any atom is 0.262 e. The first-order chi connectivity index (χ1) is 13.2. The third-order valence-corrected chi connectivity index (χ3v) is 4.41. The van der Waals surface area contributed by atoms with Crippen molar-refractivity contribution in [2.24, 2.45) is 0 Å². The Balaban J connectivity index is 1.46. The van der Waals surface area contributed by atoms with Crippen LogP contribution in [0.1, 0.15) is 5.56 Å². The van der Waals surface area contributed by atoms with Gasteiger partial charge in [0, 0.05) is 13.1 Å². The molecule has 1 fully saturated rings. The molecule has 3 aromatic rings. The van der Waals surface area contributed by atoms with Crippen LogP contribution in [-0.2, 0) is 9.53 Å². The van der Waals surface area contributed by atoms with Gasteiger partial charge in [0.25, 0.3) is 5.91 Å². The molecule has 1 amide bonds. The van der Waals surface area contributed by atoms with Gasteiger partial charge in [-0.1, -0.05) is 17.7 Å². The van der Waals surface area contributed by atoms with Gasteiger partial charge in [0.05, 0.1) is 24.6 Å². The Morgan fingerprint density at radius 1 is 1.11 bits per heavy atom. The zero-order valence-corrected chi connectivity index (χ0v) is 15.0. The number of aromatic nitrogens is 2. The predicted molar refractivity (Wildman–Crippen MR) is 100 cm³/mol. The summed E-state index contributed by atoms with van der Waals surface area (Å²) in [5, 5.41) is 10.8. The molecule has 1 aliphatic rings. The Morgan fingerprint density at radius 2 is 1.85 bits per heavy atom. The number of amides is 1. The second-order valence-corrected chi connectivity index (χ2v) is 6.34. The molecule has 0 bridgehead atoms. The second-order valence-electron chi connectivity index (χ2n) is 6.34. The molecule has 0 atom stereocenters. The first-order valence-corrected chi connectivity index (χ1v) is 8.78. The minimum Gasteiger partial charge on any atom is -0.484 e. The van der Waals surface area contributed by atoms with Crippen LogP contribution in [-0.4, -0.2) is 49.1 Å². The lowest BCUT2D eigenvalue weighted by Gasteiger charge is -2.28. The maximum absolute atomic E-state index is 12.3. The van der Waals surface area contributed by atoms with Crippen molar-refractivity contribution in [3.8, 4) is 5.75 Å². The van der Waals surface area contributed by atoms with Gasteiger partial charge in [0.2, 0.25) is 0 Å². The fraction of sp³-hybridized carbons (Fsp3) is 0.316. The van der Waals surface area contributed by atoms with E-state index in [4.69, 9.17) is 14.1 Å². The molecule has 0 spiro atoms. The zero-order chi connectivity index (χ0) is 18.6.